The van der Waals surface area contributed by atoms with Crippen molar-refractivity contribution in [2.75, 3.05) is 5.32 Å². The van der Waals surface area contributed by atoms with Gasteiger partial charge in [-0.3, -0.25) is 4.79 Å². The topological polar surface area (TPSA) is 52.9 Å². The van der Waals surface area contributed by atoms with Crippen LogP contribution in [-0.4, -0.2) is 5.91 Å². The lowest BCUT2D eigenvalue weighted by Crippen LogP contribution is -2.34. The van der Waals surface area contributed by atoms with Gasteiger partial charge in [0, 0.05) is 4.47 Å². The van der Waals surface area contributed by atoms with Crippen molar-refractivity contribution < 1.29 is 4.79 Å². The van der Waals surface area contributed by atoms with Gasteiger partial charge in [-0.25, -0.2) is 0 Å². The molecule has 1 saturated carbocycles. The van der Waals surface area contributed by atoms with Crippen molar-refractivity contribution >= 4 is 39.1 Å². The zero-order valence-corrected chi connectivity index (χ0v) is 13.4. The van der Waals surface area contributed by atoms with Gasteiger partial charge in [-0.1, -0.05) is 53.2 Å². The summed E-state index contributed by atoms with van der Waals surface area (Å²) in [6, 6.07) is 7.52. The zero-order valence-electron chi connectivity index (χ0n) is 11.1. The third-order valence-electron chi connectivity index (χ3n) is 3.78. The lowest BCUT2D eigenvalue weighted by molar-refractivity contribution is -0.123. The molecule has 0 spiro atoms. The Balaban J connectivity index is 2.21. The molecule has 106 valence electrons. The molecular weight excluding hydrogens is 340 g/mol. The second kappa shape index (κ2) is 6.60. The fraction of sp³-hybridized carbons (Fsp3) is 0.467. The normalized spacial score (nSPS) is 17.9. The molecule has 0 saturated heterocycles. The van der Waals surface area contributed by atoms with Gasteiger partial charge in [0.05, 0.1) is 16.8 Å². The number of benzene rings is 1. The average Bonchev–Trinajstić information content (AvgIpc) is 2.69. The summed E-state index contributed by atoms with van der Waals surface area (Å²) in [5.74, 6) is -0.234. The molecule has 0 heterocycles. The number of carbonyl (C=O) groups is 1. The van der Waals surface area contributed by atoms with Gasteiger partial charge < -0.3 is 5.32 Å². The maximum Gasteiger partial charge on any atom is 0.244 e. The molecule has 2 rings (SSSR count). The molecule has 0 bridgehead atoms. The van der Waals surface area contributed by atoms with E-state index in [1.807, 2.05) is 6.07 Å². The molecule has 0 atom stereocenters. The first kappa shape index (κ1) is 15.3. The number of anilines is 1. The summed E-state index contributed by atoms with van der Waals surface area (Å²) < 4.78 is 0.837. The van der Waals surface area contributed by atoms with Crippen LogP contribution < -0.4 is 5.32 Å². The molecule has 1 N–H and O–H groups in total. The minimum atomic E-state index is -0.915. The number of carbonyl (C=O) groups excluding carboxylic acids is 1. The molecule has 0 radical (unpaired) electrons. The van der Waals surface area contributed by atoms with Crippen molar-refractivity contribution in [3.05, 3.63) is 27.7 Å². The molecule has 0 aliphatic heterocycles. The van der Waals surface area contributed by atoms with Gasteiger partial charge in [0.2, 0.25) is 5.91 Å². The zero-order chi connectivity index (χ0) is 14.6. The van der Waals surface area contributed by atoms with E-state index in [1.165, 1.54) is 0 Å². The lowest BCUT2D eigenvalue weighted by atomic mass is 9.81. The largest absolute Gasteiger partial charge is 0.323 e. The van der Waals surface area contributed by atoms with E-state index in [0.29, 0.717) is 23.6 Å². The van der Waals surface area contributed by atoms with Crippen molar-refractivity contribution in [3.8, 4) is 6.07 Å². The van der Waals surface area contributed by atoms with E-state index in [0.717, 1.165) is 30.2 Å². The first-order valence-corrected chi connectivity index (χ1v) is 7.92. The Bertz CT molecular complexity index is 545. The number of amides is 1. The smallest absolute Gasteiger partial charge is 0.244 e. The Morgan fingerprint density at radius 2 is 1.95 bits per heavy atom. The summed E-state index contributed by atoms with van der Waals surface area (Å²) in [6.45, 7) is 0. The van der Waals surface area contributed by atoms with E-state index in [2.05, 4.69) is 27.3 Å². The Labute approximate surface area is 132 Å². The van der Waals surface area contributed by atoms with Crippen LogP contribution >= 0.6 is 27.5 Å². The van der Waals surface area contributed by atoms with Gasteiger partial charge in [0.15, 0.2) is 0 Å². The highest BCUT2D eigenvalue weighted by Gasteiger charge is 2.39. The van der Waals surface area contributed by atoms with Gasteiger partial charge in [0.25, 0.3) is 0 Å². The van der Waals surface area contributed by atoms with Gasteiger partial charge in [-0.05, 0) is 31.0 Å². The minimum Gasteiger partial charge on any atom is -0.323 e. The number of nitriles is 1. The Morgan fingerprint density at radius 1 is 1.30 bits per heavy atom. The number of hydrogen-bond donors (Lipinski definition) is 1. The first-order chi connectivity index (χ1) is 9.57. The molecule has 1 aliphatic carbocycles. The molecule has 1 aliphatic rings. The monoisotopic (exact) mass is 354 g/mol. The van der Waals surface area contributed by atoms with E-state index in [9.17, 15) is 10.1 Å². The molecule has 1 aromatic rings. The molecule has 1 aromatic carbocycles. The van der Waals surface area contributed by atoms with Crippen LogP contribution in [0, 0.1) is 16.7 Å². The van der Waals surface area contributed by atoms with Crippen LogP contribution in [0.4, 0.5) is 5.69 Å². The summed E-state index contributed by atoms with van der Waals surface area (Å²) in [6.07, 6.45) is 5.28. The van der Waals surface area contributed by atoms with Crippen molar-refractivity contribution in [1.82, 2.24) is 0 Å². The van der Waals surface area contributed by atoms with E-state index in [1.54, 1.807) is 12.1 Å². The van der Waals surface area contributed by atoms with E-state index in [-0.39, 0.29) is 5.91 Å². The number of nitrogens with one attached hydrogen (secondary N) is 1. The molecule has 0 unspecified atom stereocenters. The average molecular weight is 356 g/mol. The predicted molar refractivity (Wildman–Crippen MR) is 83.5 cm³/mol. The van der Waals surface area contributed by atoms with Crippen LogP contribution in [0.25, 0.3) is 0 Å². The molecule has 1 amide bonds. The van der Waals surface area contributed by atoms with Gasteiger partial charge in [-0.15, -0.1) is 0 Å². The van der Waals surface area contributed by atoms with Crippen LogP contribution in [0.3, 0.4) is 0 Å². The number of halogens is 2. The minimum absolute atomic E-state index is 0.234. The molecule has 1 fully saturated rings. The van der Waals surface area contributed by atoms with Gasteiger partial charge in [-0.2, -0.15) is 5.26 Å². The molecule has 20 heavy (non-hydrogen) atoms. The van der Waals surface area contributed by atoms with Crippen molar-refractivity contribution in [1.29, 1.82) is 5.26 Å². The standard InChI is InChI=1S/C15H16BrClN2O/c16-11-5-6-12(17)13(9-11)19-14(20)15(10-18)7-3-1-2-4-8-15/h5-6,9H,1-4,7-8H2,(H,19,20). The maximum atomic E-state index is 12.5. The first-order valence-electron chi connectivity index (χ1n) is 6.75. The second-order valence-corrected chi connectivity index (χ2v) is 6.51. The van der Waals surface area contributed by atoms with E-state index < -0.39 is 5.41 Å². The summed E-state index contributed by atoms with van der Waals surface area (Å²) >= 11 is 9.43. The number of rotatable bonds is 2. The highest BCUT2D eigenvalue weighted by Crippen LogP contribution is 2.36. The van der Waals surface area contributed by atoms with Crippen LogP contribution in [-0.2, 0) is 4.79 Å². The van der Waals surface area contributed by atoms with Gasteiger partial charge in [0.1, 0.15) is 5.41 Å². The highest BCUT2D eigenvalue weighted by molar-refractivity contribution is 9.10. The van der Waals surface area contributed by atoms with Crippen molar-refractivity contribution in [3.63, 3.8) is 0 Å². The molecule has 5 heteroatoms. The Morgan fingerprint density at radius 3 is 2.55 bits per heavy atom. The number of hydrogen-bond acceptors (Lipinski definition) is 2. The highest BCUT2D eigenvalue weighted by atomic mass is 79.9. The van der Waals surface area contributed by atoms with Gasteiger partial charge >= 0.3 is 0 Å². The quantitative estimate of drug-likeness (QED) is 0.767. The van der Waals surface area contributed by atoms with E-state index >= 15 is 0 Å². The Kier molecular flexibility index (Phi) is 5.06. The summed E-state index contributed by atoms with van der Waals surface area (Å²) in [4.78, 5) is 12.5. The molecule has 0 aromatic heterocycles. The third-order valence-corrected chi connectivity index (χ3v) is 4.61. The van der Waals surface area contributed by atoms with Crippen LogP contribution in [0.15, 0.2) is 22.7 Å². The lowest BCUT2D eigenvalue weighted by Gasteiger charge is -2.23. The van der Waals surface area contributed by atoms with Crippen molar-refractivity contribution in [2.45, 2.75) is 38.5 Å². The Hall–Kier alpha value is -1.05. The molecular formula is C15H16BrClN2O. The number of nitrogens with zero attached hydrogens (tertiary/aromatic N) is 1. The maximum absolute atomic E-state index is 12.5. The SMILES string of the molecule is N#CC1(C(=O)Nc2cc(Br)ccc2Cl)CCCCCC1. The van der Waals surface area contributed by atoms with Crippen LogP contribution in [0.2, 0.25) is 5.02 Å². The summed E-state index contributed by atoms with van der Waals surface area (Å²) in [5, 5.41) is 12.8. The van der Waals surface area contributed by atoms with Crippen LogP contribution in [0.1, 0.15) is 38.5 Å². The summed E-state index contributed by atoms with van der Waals surface area (Å²) in [7, 11) is 0. The van der Waals surface area contributed by atoms with E-state index in [4.69, 9.17) is 11.6 Å². The fourth-order valence-electron chi connectivity index (χ4n) is 2.56. The second-order valence-electron chi connectivity index (χ2n) is 5.19. The molecule has 3 nitrogen and oxygen atoms in total. The fourth-order valence-corrected chi connectivity index (χ4v) is 3.08. The summed E-state index contributed by atoms with van der Waals surface area (Å²) in [5.41, 5.74) is -0.368. The van der Waals surface area contributed by atoms with Crippen LogP contribution in [0.5, 0.6) is 0 Å². The third kappa shape index (κ3) is 3.34. The van der Waals surface area contributed by atoms with Crippen molar-refractivity contribution in [2.24, 2.45) is 5.41 Å². The predicted octanol–water partition coefficient (Wildman–Crippen LogP) is 4.91.